The molecule has 0 radical (unpaired) electrons. The van der Waals surface area contributed by atoms with Crippen LogP contribution in [0.25, 0.3) is 5.69 Å². The fourth-order valence-corrected chi connectivity index (χ4v) is 1.94. The minimum absolute atomic E-state index is 0. The van der Waals surface area contributed by atoms with Gasteiger partial charge in [-0.1, -0.05) is 32.0 Å². The van der Waals surface area contributed by atoms with E-state index in [1.165, 1.54) is 0 Å². The highest BCUT2D eigenvalue weighted by molar-refractivity contribution is 14.0. The second-order valence-electron chi connectivity index (χ2n) is 5.73. The summed E-state index contributed by atoms with van der Waals surface area (Å²) >= 11 is 0. The quantitative estimate of drug-likeness (QED) is 0.438. The van der Waals surface area contributed by atoms with Gasteiger partial charge in [0.25, 0.3) is 0 Å². The fraction of sp³-hybridized carbons (Fsp3) is 0.412. The van der Waals surface area contributed by atoms with E-state index in [4.69, 9.17) is 0 Å². The van der Waals surface area contributed by atoms with E-state index in [2.05, 4.69) is 41.5 Å². The molecule has 2 N–H and O–H groups in total. The van der Waals surface area contributed by atoms with Gasteiger partial charge in [0.2, 0.25) is 0 Å². The van der Waals surface area contributed by atoms with E-state index in [0.29, 0.717) is 18.5 Å². The maximum Gasteiger partial charge on any atom is 0.191 e. The van der Waals surface area contributed by atoms with Crippen LogP contribution in [0.5, 0.6) is 0 Å². The van der Waals surface area contributed by atoms with Crippen molar-refractivity contribution in [2.75, 3.05) is 7.05 Å². The number of aliphatic imine (C=N–C) groups is 1. The number of hydrogen-bond acceptors (Lipinski definition) is 2. The van der Waals surface area contributed by atoms with Crippen molar-refractivity contribution in [3.63, 3.8) is 0 Å². The standard InChI is InChI=1S/C17H25N5.HI/c1-13(2)14(3)21-17(18-4)19-10-15-11-20-22(12-15)16-8-6-5-7-9-16;/h5-9,11-14H,10H2,1-4H3,(H2,18,19,21);1H. The Bertz CT molecular complexity index is 606. The van der Waals surface area contributed by atoms with Crippen LogP contribution in [-0.2, 0) is 6.54 Å². The molecule has 2 rings (SSSR count). The van der Waals surface area contributed by atoms with E-state index >= 15 is 0 Å². The van der Waals surface area contributed by atoms with Crippen molar-refractivity contribution in [1.82, 2.24) is 20.4 Å². The molecule has 126 valence electrons. The third kappa shape index (κ3) is 5.85. The van der Waals surface area contributed by atoms with E-state index in [1.807, 2.05) is 47.4 Å². The first-order chi connectivity index (χ1) is 10.6. The molecule has 0 aliphatic heterocycles. The number of para-hydroxylation sites is 1. The topological polar surface area (TPSA) is 54.2 Å². The average molecular weight is 427 g/mol. The summed E-state index contributed by atoms with van der Waals surface area (Å²) in [5.74, 6) is 1.37. The summed E-state index contributed by atoms with van der Waals surface area (Å²) in [5.41, 5.74) is 2.17. The smallest absolute Gasteiger partial charge is 0.191 e. The van der Waals surface area contributed by atoms with Gasteiger partial charge in [0.1, 0.15) is 0 Å². The molecule has 0 spiro atoms. The molecule has 0 aliphatic rings. The van der Waals surface area contributed by atoms with Crippen LogP contribution in [0, 0.1) is 5.92 Å². The van der Waals surface area contributed by atoms with Gasteiger partial charge < -0.3 is 10.6 Å². The number of aromatic nitrogens is 2. The monoisotopic (exact) mass is 427 g/mol. The predicted molar refractivity (Wildman–Crippen MR) is 107 cm³/mol. The Morgan fingerprint density at radius 2 is 1.91 bits per heavy atom. The molecule has 5 nitrogen and oxygen atoms in total. The second kappa shape index (κ2) is 9.54. The lowest BCUT2D eigenvalue weighted by molar-refractivity contribution is 0.481. The van der Waals surface area contributed by atoms with Crippen molar-refractivity contribution >= 4 is 29.9 Å². The van der Waals surface area contributed by atoms with Crippen LogP contribution in [-0.4, -0.2) is 28.8 Å². The number of hydrogen-bond donors (Lipinski definition) is 2. The lowest BCUT2D eigenvalue weighted by atomic mass is 10.1. The minimum atomic E-state index is 0. The van der Waals surface area contributed by atoms with Gasteiger partial charge in [-0.3, -0.25) is 4.99 Å². The maximum atomic E-state index is 4.40. The third-order valence-corrected chi connectivity index (χ3v) is 3.70. The summed E-state index contributed by atoms with van der Waals surface area (Å²) in [7, 11) is 1.79. The van der Waals surface area contributed by atoms with E-state index in [9.17, 15) is 0 Å². The van der Waals surface area contributed by atoms with E-state index in [0.717, 1.165) is 17.2 Å². The number of guanidine groups is 1. The SMILES string of the molecule is CN=C(NCc1cnn(-c2ccccc2)c1)NC(C)C(C)C.I. The lowest BCUT2D eigenvalue weighted by Crippen LogP contribution is -2.43. The van der Waals surface area contributed by atoms with Crippen molar-refractivity contribution < 1.29 is 0 Å². The molecule has 1 unspecified atom stereocenters. The van der Waals surface area contributed by atoms with E-state index < -0.39 is 0 Å². The average Bonchev–Trinajstić information content (AvgIpc) is 3.00. The zero-order valence-electron chi connectivity index (χ0n) is 14.2. The number of nitrogens with zero attached hydrogens (tertiary/aromatic N) is 3. The van der Waals surface area contributed by atoms with Gasteiger partial charge in [0.15, 0.2) is 5.96 Å². The molecular weight excluding hydrogens is 401 g/mol. The molecule has 1 heterocycles. The Hall–Kier alpha value is -1.57. The van der Waals surface area contributed by atoms with Gasteiger partial charge in [-0.15, -0.1) is 24.0 Å². The molecule has 0 bridgehead atoms. The first-order valence-corrected chi connectivity index (χ1v) is 7.66. The Morgan fingerprint density at radius 3 is 2.52 bits per heavy atom. The van der Waals surface area contributed by atoms with Gasteiger partial charge in [-0.05, 0) is 25.0 Å². The molecule has 2 aromatic rings. The van der Waals surface area contributed by atoms with Crippen molar-refractivity contribution in [3.05, 3.63) is 48.3 Å². The molecule has 1 aromatic heterocycles. The normalized spacial score (nSPS) is 12.7. The summed E-state index contributed by atoms with van der Waals surface area (Å²) in [6, 6.07) is 10.5. The lowest BCUT2D eigenvalue weighted by Gasteiger charge is -2.20. The Balaban J connectivity index is 0.00000264. The van der Waals surface area contributed by atoms with E-state index in [1.54, 1.807) is 7.05 Å². The number of halogens is 1. The molecule has 1 aromatic carbocycles. The summed E-state index contributed by atoms with van der Waals surface area (Å²) in [6.07, 6.45) is 3.90. The van der Waals surface area contributed by atoms with Crippen molar-refractivity contribution in [2.45, 2.75) is 33.4 Å². The third-order valence-electron chi connectivity index (χ3n) is 3.70. The zero-order valence-corrected chi connectivity index (χ0v) is 16.5. The summed E-state index contributed by atoms with van der Waals surface area (Å²) in [5, 5.41) is 11.1. The van der Waals surface area contributed by atoms with Crippen LogP contribution in [0.4, 0.5) is 0 Å². The number of nitrogens with one attached hydrogen (secondary N) is 2. The molecule has 0 saturated heterocycles. The van der Waals surface area contributed by atoms with Crippen molar-refractivity contribution in [2.24, 2.45) is 10.9 Å². The molecule has 6 heteroatoms. The molecule has 0 amide bonds. The first kappa shape index (κ1) is 19.5. The van der Waals surface area contributed by atoms with Crippen molar-refractivity contribution in [3.8, 4) is 5.69 Å². The van der Waals surface area contributed by atoms with Gasteiger partial charge >= 0.3 is 0 Å². The predicted octanol–water partition coefficient (Wildman–Crippen LogP) is 3.20. The van der Waals surface area contributed by atoms with Crippen LogP contribution in [0.15, 0.2) is 47.7 Å². The Morgan fingerprint density at radius 1 is 1.22 bits per heavy atom. The number of rotatable bonds is 5. The minimum Gasteiger partial charge on any atom is -0.354 e. The summed E-state index contributed by atoms with van der Waals surface area (Å²) < 4.78 is 1.88. The Kier molecular flexibility index (Phi) is 8.08. The van der Waals surface area contributed by atoms with Crippen LogP contribution in [0.3, 0.4) is 0 Å². The van der Waals surface area contributed by atoms with Crippen LogP contribution < -0.4 is 10.6 Å². The molecule has 23 heavy (non-hydrogen) atoms. The summed E-state index contributed by atoms with van der Waals surface area (Å²) in [6.45, 7) is 7.23. The van der Waals surface area contributed by atoms with Crippen molar-refractivity contribution in [1.29, 1.82) is 0 Å². The van der Waals surface area contributed by atoms with Crippen LogP contribution in [0.2, 0.25) is 0 Å². The zero-order chi connectivity index (χ0) is 15.9. The molecule has 0 saturated carbocycles. The highest BCUT2D eigenvalue weighted by Gasteiger charge is 2.09. The van der Waals surface area contributed by atoms with Gasteiger partial charge in [0.05, 0.1) is 11.9 Å². The maximum absolute atomic E-state index is 4.40. The molecular formula is C17H26IN5. The van der Waals surface area contributed by atoms with Gasteiger partial charge in [-0.25, -0.2) is 4.68 Å². The highest BCUT2D eigenvalue weighted by atomic mass is 127. The fourth-order valence-electron chi connectivity index (χ4n) is 1.94. The van der Waals surface area contributed by atoms with Crippen LogP contribution >= 0.6 is 24.0 Å². The van der Waals surface area contributed by atoms with Gasteiger partial charge in [0, 0.05) is 31.4 Å². The molecule has 0 aliphatic carbocycles. The second-order valence-corrected chi connectivity index (χ2v) is 5.73. The molecule has 1 atom stereocenters. The summed E-state index contributed by atoms with van der Waals surface area (Å²) in [4.78, 5) is 4.26. The molecule has 0 fully saturated rings. The van der Waals surface area contributed by atoms with Gasteiger partial charge in [-0.2, -0.15) is 5.10 Å². The van der Waals surface area contributed by atoms with Crippen LogP contribution in [0.1, 0.15) is 26.3 Å². The Labute approximate surface area is 155 Å². The van der Waals surface area contributed by atoms with E-state index in [-0.39, 0.29) is 24.0 Å². The first-order valence-electron chi connectivity index (χ1n) is 7.66. The number of benzene rings is 1. The largest absolute Gasteiger partial charge is 0.354 e. The highest BCUT2D eigenvalue weighted by Crippen LogP contribution is 2.07.